The fourth-order valence-corrected chi connectivity index (χ4v) is 2.37. The van der Waals surface area contributed by atoms with Gasteiger partial charge in [-0.15, -0.1) is 0 Å². The number of aryl methyl sites for hydroxylation is 1. The Hall–Kier alpha value is -3.17. The lowest BCUT2D eigenvalue weighted by atomic mass is 10.1. The Balaban J connectivity index is 2.07. The van der Waals surface area contributed by atoms with Gasteiger partial charge in [0.05, 0.1) is 13.1 Å². The molecule has 1 heterocycles. The topological polar surface area (TPSA) is 102 Å². The first kappa shape index (κ1) is 22.1. The van der Waals surface area contributed by atoms with Crippen molar-refractivity contribution < 1.29 is 27.1 Å². The Bertz CT molecular complexity index is 863. The normalized spacial score (nSPS) is 12.0. The van der Waals surface area contributed by atoms with Gasteiger partial charge in [0.15, 0.2) is 18.3 Å². The fraction of sp³-hybridized carbons (Fsp3) is 0.368. The van der Waals surface area contributed by atoms with E-state index in [1.54, 1.807) is 31.2 Å². The van der Waals surface area contributed by atoms with Crippen LogP contribution in [-0.4, -0.2) is 31.2 Å². The number of hydrogen-bond acceptors (Lipinski definition) is 4. The van der Waals surface area contributed by atoms with E-state index in [0.29, 0.717) is 23.8 Å². The van der Waals surface area contributed by atoms with Gasteiger partial charge in [-0.2, -0.15) is 13.2 Å². The highest BCUT2D eigenvalue weighted by Crippen LogP contribution is 2.24. The Morgan fingerprint density at radius 2 is 2.00 bits per heavy atom. The smallest absolute Gasteiger partial charge is 0.422 e. The molecule has 1 aromatic carbocycles. The highest BCUT2D eigenvalue weighted by atomic mass is 19.4. The SMILES string of the molecule is CCNC(=NCc1ccc(C)cc1OCC(F)(F)F)NCc1ccc(C(N)=O)o1. The van der Waals surface area contributed by atoms with Gasteiger partial charge in [0.1, 0.15) is 11.5 Å². The highest BCUT2D eigenvalue weighted by Gasteiger charge is 2.28. The summed E-state index contributed by atoms with van der Waals surface area (Å²) in [5.41, 5.74) is 6.45. The summed E-state index contributed by atoms with van der Waals surface area (Å²) in [6, 6.07) is 8.09. The van der Waals surface area contributed by atoms with Crippen LogP contribution in [0.15, 0.2) is 39.7 Å². The quantitative estimate of drug-likeness (QED) is 0.457. The second-order valence-corrected chi connectivity index (χ2v) is 6.19. The number of nitrogens with two attached hydrogens (primary N) is 1. The number of ether oxygens (including phenoxy) is 1. The van der Waals surface area contributed by atoms with Crippen molar-refractivity contribution >= 4 is 11.9 Å². The number of halogens is 3. The summed E-state index contributed by atoms with van der Waals surface area (Å²) in [6.45, 7) is 3.19. The number of furan rings is 1. The summed E-state index contributed by atoms with van der Waals surface area (Å²) in [6.07, 6.45) is -4.42. The summed E-state index contributed by atoms with van der Waals surface area (Å²) < 4.78 is 47.7. The van der Waals surface area contributed by atoms with Gasteiger partial charge in [0.2, 0.25) is 0 Å². The van der Waals surface area contributed by atoms with Crippen molar-refractivity contribution in [2.24, 2.45) is 10.7 Å². The molecule has 0 saturated carbocycles. The summed E-state index contributed by atoms with van der Waals surface area (Å²) >= 11 is 0. The van der Waals surface area contributed by atoms with Crippen LogP contribution in [0.4, 0.5) is 13.2 Å². The van der Waals surface area contributed by atoms with E-state index in [0.717, 1.165) is 5.56 Å². The van der Waals surface area contributed by atoms with Crippen molar-refractivity contribution in [3.05, 3.63) is 53.0 Å². The van der Waals surface area contributed by atoms with Crippen LogP contribution in [0.5, 0.6) is 5.75 Å². The number of benzene rings is 1. The molecule has 1 aromatic heterocycles. The van der Waals surface area contributed by atoms with E-state index in [-0.39, 0.29) is 24.6 Å². The van der Waals surface area contributed by atoms with Gasteiger partial charge in [0, 0.05) is 12.1 Å². The maximum Gasteiger partial charge on any atom is 0.422 e. The third kappa shape index (κ3) is 7.40. The number of aliphatic imine (C=N–C) groups is 1. The van der Waals surface area contributed by atoms with Gasteiger partial charge in [-0.1, -0.05) is 12.1 Å². The number of guanidine groups is 1. The van der Waals surface area contributed by atoms with Crippen molar-refractivity contribution in [3.8, 4) is 5.75 Å². The Morgan fingerprint density at radius 3 is 2.62 bits per heavy atom. The number of amides is 1. The van der Waals surface area contributed by atoms with Crippen LogP contribution >= 0.6 is 0 Å². The van der Waals surface area contributed by atoms with Crippen LogP contribution in [0, 0.1) is 6.92 Å². The zero-order valence-electron chi connectivity index (χ0n) is 16.1. The summed E-state index contributed by atoms with van der Waals surface area (Å²) in [4.78, 5) is 15.5. The molecule has 2 aromatic rings. The maximum absolute atomic E-state index is 12.5. The number of nitrogens with zero attached hydrogens (tertiary/aromatic N) is 1. The predicted molar refractivity (Wildman–Crippen MR) is 102 cm³/mol. The minimum absolute atomic E-state index is 0.0508. The molecule has 0 spiro atoms. The first-order valence-corrected chi connectivity index (χ1v) is 8.87. The lowest BCUT2D eigenvalue weighted by molar-refractivity contribution is -0.153. The zero-order valence-corrected chi connectivity index (χ0v) is 16.1. The van der Waals surface area contributed by atoms with E-state index >= 15 is 0 Å². The molecule has 7 nitrogen and oxygen atoms in total. The lowest BCUT2D eigenvalue weighted by Gasteiger charge is -2.14. The van der Waals surface area contributed by atoms with E-state index in [1.165, 1.54) is 6.07 Å². The monoisotopic (exact) mass is 412 g/mol. The standard InChI is InChI=1S/C19H23F3N4O3/c1-3-24-18(26-10-14-6-7-15(29-14)17(23)27)25-9-13-5-4-12(2)8-16(13)28-11-19(20,21)22/h4-8H,3,9-11H2,1-2H3,(H2,23,27)(H2,24,25,26). The molecule has 0 unspecified atom stereocenters. The summed E-state index contributed by atoms with van der Waals surface area (Å²) in [5, 5.41) is 6.04. The summed E-state index contributed by atoms with van der Waals surface area (Å²) in [5.74, 6) is 0.428. The number of primary amides is 1. The molecule has 1 amide bonds. The Kier molecular flexibility index (Phi) is 7.52. The van der Waals surface area contributed by atoms with E-state index in [9.17, 15) is 18.0 Å². The number of hydrogen-bond donors (Lipinski definition) is 3. The molecule has 4 N–H and O–H groups in total. The minimum atomic E-state index is -4.42. The molecular weight excluding hydrogens is 389 g/mol. The van der Waals surface area contributed by atoms with E-state index in [1.807, 2.05) is 6.92 Å². The second-order valence-electron chi connectivity index (χ2n) is 6.19. The van der Waals surface area contributed by atoms with Gasteiger partial charge in [-0.25, -0.2) is 4.99 Å². The molecule has 0 saturated heterocycles. The van der Waals surface area contributed by atoms with Gasteiger partial charge in [-0.3, -0.25) is 4.79 Å². The van der Waals surface area contributed by atoms with Crippen molar-refractivity contribution in [2.45, 2.75) is 33.1 Å². The van der Waals surface area contributed by atoms with E-state index < -0.39 is 18.7 Å². The molecule has 0 atom stereocenters. The van der Waals surface area contributed by atoms with Gasteiger partial charge in [0.25, 0.3) is 5.91 Å². The third-order valence-corrected chi connectivity index (χ3v) is 3.70. The number of alkyl halides is 3. The van der Waals surface area contributed by atoms with Crippen molar-refractivity contribution in [1.29, 1.82) is 0 Å². The summed E-state index contributed by atoms with van der Waals surface area (Å²) in [7, 11) is 0. The first-order chi connectivity index (χ1) is 13.7. The number of carbonyl (C=O) groups excluding carboxylic acids is 1. The maximum atomic E-state index is 12.5. The van der Waals surface area contributed by atoms with Crippen LogP contribution in [0.1, 0.15) is 34.4 Å². The Morgan fingerprint density at radius 1 is 1.24 bits per heavy atom. The molecule has 29 heavy (non-hydrogen) atoms. The molecular formula is C19H23F3N4O3. The number of rotatable bonds is 8. The number of carbonyl (C=O) groups is 1. The lowest BCUT2D eigenvalue weighted by Crippen LogP contribution is -2.36. The first-order valence-electron chi connectivity index (χ1n) is 8.87. The van der Waals surface area contributed by atoms with Gasteiger partial charge < -0.3 is 25.5 Å². The molecule has 0 bridgehead atoms. The second kappa shape index (κ2) is 9.85. The van der Waals surface area contributed by atoms with Crippen LogP contribution in [0.25, 0.3) is 0 Å². The molecule has 0 fully saturated rings. The average molecular weight is 412 g/mol. The van der Waals surface area contributed by atoms with E-state index in [2.05, 4.69) is 15.6 Å². The average Bonchev–Trinajstić information content (AvgIpc) is 3.12. The van der Waals surface area contributed by atoms with Crippen LogP contribution in [0.2, 0.25) is 0 Å². The third-order valence-electron chi connectivity index (χ3n) is 3.70. The van der Waals surface area contributed by atoms with Crippen molar-refractivity contribution in [2.75, 3.05) is 13.2 Å². The minimum Gasteiger partial charge on any atom is -0.484 e. The predicted octanol–water partition coefficient (Wildman–Crippen LogP) is 2.88. The van der Waals surface area contributed by atoms with Crippen molar-refractivity contribution in [1.82, 2.24) is 10.6 Å². The number of nitrogens with one attached hydrogen (secondary N) is 2. The Labute approximate surface area is 166 Å². The molecule has 0 aliphatic carbocycles. The molecule has 0 aliphatic heterocycles. The van der Waals surface area contributed by atoms with Crippen molar-refractivity contribution in [3.63, 3.8) is 0 Å². The van der Waals surface area contributed by atoms with Crippen LogP contribution in [-0.2, 0) is 13.1 Å². The van der Waals surface area contributed by atoms with E-state index in [4.69, 9.17) is 14.9 Å². The van der Waals surface area contributed by atoms with Crippen LogP contribution < -0.4 is 21.1 Å². The van der Waals surface area contributed by atoms with Gasteiger partial charge >= 0.3 is 6.18 Å². The van der Waals surface area contributed by atoms with Gasteiger partial charge in [-0.05, 0) is 37.6 Å². The molecule has 0 aliphatic rings. The molecule has 2 rings (SSSR count). The molecule has 0 radical (unpaired) electrons. The molecule has 158 valence electrons. The largest absolute Gasteiger partial charge is 0.484 e. The fourth-order valence-electron chi connectivity index (χ4n) is 2.37. The van der Waals surface area contributed by atoms with Crippen LogP contribution in [0.3, 0.4) is 0 Å². The molecule has 10 heteroatoms. The highest BCUT2D eigenvalue weighted by molar-refractivity contribution is 5.89. The zero-order chi connectivity index (χ0) is 21.4.